The first-order valence-electron chi connectivity index (χ1n) is 3.33. The average Bonchev–Trinajstić information content (AvgIpc) is 2.03. The summed E-state index contributed by atoms with van der Waals surface area (Å²) in [7, 11) is 1.78. The van der Waals surface area contributed by atoms with Gasteiger partial charge in [-0.2, -0.15) is 0 Å². The van der Waals surface area contributed by atoms with Crippen molar-refractivity contribution in [2.24, 2.45) is 0 Å². The highest BCUT2D eigenvalue weighted by atomic mass is 32.2. The first kappa shape index (κ1) is 9.08. The van der Waals surface area contributed by atoms with E-state index in [1.54, 1.807) is 7.05 Å². The minimum atomic E-state index is -0.478. The molecule has 0 saturated carbocycles. The third kappa shape index (κ3) is 2.24. The van der Waals surface area contributed by atoms with Crippen molar-refractivity contribution >= 4 is 11.8 Å². The van der Waals surface area contributed by atoms with Gasteiger partial charge in [-0.05, 0) is 7.05 Å². The summed E-state index contributed by atoms with van der Waals surface area (Å²) in [6, 6.07) is 0. The van der Waals surface area contributed by atoms with Gasteiger partial charge in [0.15, 0.2) is 0 Å². The summed E-state index contributed by atoms with van der Waals surface area (Å²) in [6.07, 6.45) is 1.41. The number of thioether (sulfide) groups is 1. The molecule has 12 heavy (non-hydrogen) atoms. The molecule has 5 nitrogen and oxygen atoms in total. The highest BCUT2D eigenvalue weighted by molar-refractivity contribution is 7.99. The summed E-state index contributed by atoms with van der Waals surface area (Å²) in [4.78, 5) is 26.6. The first-order valence-corrected chi connectivity index (χ1v) is 4.32. The Morgan fingerprint density at radius 3 is 2.92 bits per heavy atom. The minimum Gasteiger partial charge on any atom is -0.313 e. The highest BCUT2D eigenvalue weighted by Gasteiger charge is 1.98. The van der Waals surface area contributed by atoms with Gasteiger partial charge in [-0.3, -0.25) is 9.78 Å². The molecule has 0 saturated heterocycles. The summed E-state index contributed by atoms with van der Waals surface area (Å²) in [5.41, 5.74) is -0.826. The molecule has 0 aromatic carbocycles. The van der Waals surface area contributed by atoms with E-state index < -0.39 is 5.69 Å². The van der Waals surface area contributed by atoms with Crippen molar-refractivity contribution in [1.29, 1.82) is 0 Å². The average molecular weight is 187 g/mol. The van der Waals surface area contributed by atoms with E-state index in [-0.39, 0.29) is 5.56 Å². The monoisotopic (exact) mass is 187 g/mol. The van der Waals surface area contributed by atoms with Crippen molar-refractivity contribution in [2.75, 3.05) is 12.9 Å². The van der Waals surface area contributed by atoms with E-state index in [1.807, 2.05) is 0 Å². The van der Waals surface area contributed by atoms with E-state index >= 15 is 0 Å². The van der Waals surface area contributed by atoms with Crippen LogP contribution in [-0.2, 0) is 0 Å². The van der Waals surface area contributed by atoms with Crippen LogP contribution in [0.15, 0.2) is 20.7 Å². The molecule has 66 valence electrons. The molecule has 0 aliphatic heterocycles. The number of H-pyrrole nitrogens is 2. The van der Waals surface area contributed by atoms with Crippen LogP contribution in [0, 0.1) is 0 Å². The molecule has 1 rings (SSSR count). The van der Waals surface area contributed by atoms with Crippen molar-refractivity contribution in [1.82, 2.24) is 15.3 Å². The van der Waals surface area contributed by atoms with Crippen molar-refractivity contribution in [3.8, 4) is 0 Å². The molecule has 0 unspecified atom stereocenters. The fraction of sp³-hybridized carbons (Fsp3) is 0.333. The number of hydrogen-bond acceptors (Lipinski definition) is 4. The smallest absolute Gasteiger partial charge is 0.313 e. The number of nitrogens with one attached hydrogen (secondary N) is 3. The van der Waals surface area contributed by atoms with Crippen LogP contribution in [0.2, 0.25) is 0 Å². The standard InChI is InChI=1S/C6H9N3O2S/c1-7-3-12-4-2-8-6(11)9-5(4)10/h2,7H,3H2,1H3,(H2,8,9,10,11). The molecule has 0 atom stereocenters. The van der Waals surface area contributed by atoms with E-state index in [1.165, 1.54) is 18.0 Å². The Kier molecular flexibility index (Phi) is 3.12. The molecule has 6 heteroatoms. The van der Waals surface area contributed by atoms with Gasteiger partial charge in [0.2, 0.25) is 0 Å². The summed E-state index contributed by atoms with van der Waals surface area (Å²) in [5, 5.41) is 2.88. The zero-order chi connectivity index (χ0) is 8.97. The molecule has 0 amide bonds. The van der Waals surface area contributed by atoms with Gasteiger partial charge in [0.05, 0.1) is 4.90 Å². The van der Waals surface area contributed by atoms with Crippen molar-refractivity contribution in [3.05, 3.63) is 27.0 Å². The van der Waals surface area contributed by atoms with Crippen LogP contribution in [0.1, 0.15) is 0 Å². The summed E-state index contributed by atoms with van der Waals surface area (Å²) < 4.78 is 0. The van der Waals surface area contributed by atoms with Crippen LogP contribution in [0.5, 0.6) is 0 Å². The van der Waals surface area contributed by atoms with Gasteiger partial charge in [0.25, 0.3) is 5.56 Å². The predicted molar refractivity (Wildman–Crippen MR) is 47.5 cm³/mol. The van der Waals surface area contributed by atoms with Crippen LogP contribution in [0.3, 0.4) is 0 Å². The lowest BCUT2D eigenvalue weighted by Crippen LogP contribution is -2.22. The van der Waals surface area contributed by atoms with Crippen LogP contribution in [0.25, 0.3) is 0 Å². The Balaban J connectivity index is 2.87. The van der Waals surface area contributed by atoms with E-state index in [2.05, 4.69) is 15.3 Å². The van der Waals surface area contributed by atoms with Crippen molar-refractivity contribution in [3.63, 3.8) is 0 Å². The van der Waals surface area contributed by atoms with Crippen molar-refractivity contribution in [2.45, 2.75) is 4.90 Å². The second kappa shape index (κ2) is 4.13. The van der Waals surface area contributed by atoms with E-state index in [0.29, 0.717) is 10.8 Å². The van der Waals surface area contributed by atoms with Gasteiger partial charge < -0.3 is 10.3 Å². The molecule has 1 aromatic rings. The number of hydrogen-bond donors (Lipinski definition) is 3. The Bertz CT molecular complexity index is 356. The van der Waals surface area contributed by atoms with Crippen molar-refractivity contribution < 1.29 is 0 Å². The predicted octanol–water partition coefficient (Wildman–Crippen LogP) is -0.668. The molecular formula is C6H9N3O2S. The van der Waals surface area contributed by atoms with E-state index in [0.717, 1.165) is 0 Å². The zero-order valence-corrected chi connectivity index (χ0v) is 7.33. The third-order valence-corrected chi connectivity index (χ3v) is 2.20. The quantitative estimate of drug-likeness (QED) is 0.433. The molecule has 0 fully saturated rings. The minimum absolute atomic E-state index is 0.348. The molecule has 1 heterocycles. The number of aromatic amines is 2. The molecule has 0 aliphatic carbocycles. The van der Waals surface area contributed by atoms with Gasteiger partial charge in [-0.1, -0.05) is 0 Å². The molecule has 0 radical (unpaired) electrons. The van der Waals surface area contributed by atoms with Gasteiger partial charge in [0.1, 0.15) is 0 Å². The molecule has 0 aliphatic rings. The fourth-order valence-corrected chi connectivity index (χ4v) is 1.28. The maximum Gasteiger partial charge on any atom is 0.325 e. The van der Waals surface area contributed by atoms with Gasteiger partial charge in [-0.25, -0.2) is 4.79 Å². The summed E-state index contributed by atoms with van der Waals surface area (Å²) in [5.74, 6) is 0.634. The van der Waals surface area contributed by atoms with Crippen LogP contribution >= 0.6 is 11.8 Å². The van der Waals surface area contributed by atoms with Gasteiger partial charge in [0, 0.05) is 12.1 Å². The Hall–Kier alpha value is -1.01. The number of rotatable bonds is 3. The normalized spacial score (nSPS) is 10.1. The third-order valence-electron chi connectivity index (χ3n) is 1.16. The summed E-state index contributed by atoms with van der Waals surface area (Å²) >= 11 is 1.33. The van der Waals surface area contributed by atoms with Gasteiger partial charge >= 0.3 is 5.69 Å². The maximum absolute atomic E-state index is 11.0. The Morgan fingerprint density at radius 1 is 1.58 bits per heavy atom. The van der Waals surface area contributed by atoms with Gasteiger partial charge in [-0.15, -0.1) is 11.8 Å². The second-order valence-corrected chi connectivity index (χ2v) is 3.10. The zero-order valence-electron chi connectivity index (χ0n) is 6.51. The van der Waals surface area contributed by atoms with E-state index in [4.69, 9.17) is 0 Å². The Labute approximate surface area is 72.6 Å². The Morgan fingerprint density at radius 2 is 2.33 bits per heavy atom. The number of aromatic nitrogens is 2. The SMILES string of the molecule is CNCSc1c[nH]c(=O)[nH]c1=O. The molecule has 1 aromatic heterocycles. The highest BCUT2D eigenvalue weighted by Crippen LogP contribution is 2.07. The molecule has 3 N–H and O–H groups in total. The second-order valence-electron chi connectivity index (χ2n) is 2.08. The fourth-order valence-electron chi connectivity index (χ4n) is 0.655. The maximum atomic E-state index is 11.0. The lowest BCUT2D eigenvalue weighted by molar-refractivity contribution is 0.957. The van der Waals surface area contributed by atoms with E-state index in [9.17, 15) is 9.59 Å². The van der Waals surface area contributed by atoms with Crippen LogP contribution in [0.4, 0.5) is 0 Å². The largest absolute Gasteiger partial charge is 0.325 e. The molecule has 0 bridgehead atoms. The molecule has 0 spiro atoms. The lowest BCUT2D eigenvalue weighted by Gasteiger charge is -1.96. The lowest BCUT2D eigenvalue weighted by atomic mass is 10.7. The topological polar surface area (TPSA) is 77.8 Å². The van der Waals surface area contributed by atoms with Crippen LogP contribution in [-0.4, -0.2) is 22.9 Å². The summed E-state index contributed by atoms with van der Waals surface area (Å²) in [6.45, 7) is 0. The molecular weight excluding hydrogens is 178 g/mol. The van der Waals surface area contributed by atoms with Crippen LogP contribution < -0.4 is 16.6 Å². The first-order chi connectivity index (χ1) is 5.74.